The number of hydrogen-bond acceptors (Lipinski definition) is 3. The predicted molar refractivity (Wildman–Crippen MR) is 113 cm³/mol. The summed E-state index contributed by atoms with van der Waals surface area (Å²) < 4.78 is 0. The molecule has 0 saturated carbocycles. The highest BCUT2D eigenvalue weighted by Crippen LogP contribution is 2.40. The van der Waals surface area contributed by atoms with Crippen LogP contribution in [0.3, 0.4) is 0 Å². The van der Waals surface area contributed by atoms with Crippen molar-refractivity contribution in [3.8, 4) is 0 Å². The summed E-state index contributed by atoms with van der Waals surface area (Å²) in [5.74, 6) is -1.82. The molecule has 3 N–H and O–H groups in total. The van der Waals surface area contributed by atoms with Crippen LogP contribution in [0.25, 0.3) is 0 Å². The van der Waals surface area contributed by atoms with Gasteiger partial charge in [-0.25, -0.2) is 4.79 Å². The minimum atomic E-state index is -1.30. The lowest BCUT2D eigenvalue weighted by Gasteiger charge is -2.32. The second-order valence-corrected chi connectivity index (χ2v) is 8.00. The van der Waals surface area contributed by atoms with E-state index in [9.17, 15) is 9.59 Å². The Labute approximate surface area is 168 Å². The van der Waals surface area contributed by atoms with Crippen LogP contribution < -0.4 is 5.32 Å². The first-order chi connectivity index (χ1) is 13.1. The van der Waals surface area contributed by atoms with E-state index in [0.29, 0.717) is 5.57 Å². The minimum absolute atomic E-state index is 0.212. The summed E-state index contributed by atoms with van der Waals surface area (Å²) in [6.45, 7) is 9.92. The van der Waals surface area contributed by atoms with Gasteiger partial charge in [0.05, 0.1) is 6.61 Å². The highest BCUT2D eigenvalue weighted by Gasteiger charge is 2.26. The van der Waals surface area contributed by atoms with E-state index in [4.69, 9.17) is 10.2 Å². The topological polar surface area (TPSA) is 86.6 Å². The van der Waals surface area contributed by atoms with Crippen molar-refractivity contribution in [1.29, 1.82) is 0 Å². The van der Waals surface area contributed by atoms with Crippen molar-refractivity contribution in [2.24, 2.45) is 5.41 Å². The standard InChI is InChI=1S/C23H33NO4/c1-16(11-12-19-18(3)10-7-13-23(19,4)5)8-6-9-17(2)14-21(26)24-20(15-25)22(27)28/h6,8-9,11-12,14,20,25H,7,10,13,15H2,1-5H3,(H,24,26)(H,27,28)/b9-6+,12-11+,16-8+,17-14+/t20-/m0/s1. The predicted octanol–water partition coefficient (Wildman–Crippen LogP) is 4.08. The van der Waals surface area contributed by atoms with Crippen LogP contribution in [-0.2, 0) is 9.59 Å². The summed E-state index contributed by atoms with van der Waals surface area (Å²) >= 11 is 0. The van der Waals surface area contributed by atoms with Crippen LogP contribution in [0.15, 0.2) is 58.7 Å². The van der Waals surface area contributed by atoms with Gasteiger partial charge in [-0.2, -0.15) is 0 Å². The lowest BCUT2D eigenvalue weighted by Crippen LogP contribution is -2.42. The van der Waals surface area contributed by atoms with Gasteiger partial charge in [0.2, 0.25) is 5.91 Å². The van der Waals surface area contributed by atoms with Crippen molar-refractivity contribution in [3.05, 3.63) is 58.7 Å². The van der Waals surface area contributed by atoms with Gasteiger partial charge < -0.3 is 15.5 Å². The van der Waals surface area contributed by atoms with Crippen molar-refractivity contribution in [1.82, 2.24) is 5.32 Å². The molecule has 1 rings (SSSR count). The van der Waals surface area contributed by atoms with Crippen LogP contribution in [0.2, 0.25) is 0 Å². The molecule has 0 unspecified atom stereocenters. The average molecular weight is 388 g/mol. The SMILES string of the molecule is CC1=C(/C=C/C(C)=C/C=C/C(C)=C/C(=O)N[C@@H](CO)C(=O)O)C(C)(C)CCC1. The van der Waals surface area contributed by atoms with Crippen molar-refractivity contribution >= 4 is 11.9 Å². The Morgan fingerprint density at radius 2 is 1.89 bits per heavy atom. The molecule has 28 heavy (non-hydrogen) atoms. The molecule has 5 heteroatoms. The molecule has 1 atom stereocenters. The van der Waals surface area contributed by atoms with Crippen LogP contribution in [-0.4, -0.2) is 34.7 Å². The lowest BCUT2D eigenvalue weighted by molar-refractivity contribution is -0.142. The van der Waals surface area contributed by atoms with Gasteiger partial charge in [0, 0.05) is 6.08 Å². The smallest absolute Gasteiger partial charge is 0.328 e. The summed E-state index contributed by atoms with van der Waals surface area (Å²) in [5, 5.41) is 20.0. The molecule has 1 amide bonds. The zero-order chi connectivity index (χ0) is 21.3. The Kier molecular flexibility index (Phi) is 9.13. The number of hydrogen-bond donors (Lipinski definition) is 3. The van der Waals surface area contributed by atoms with E-state index >= 15 is 0 Å². The Morgan fingerprint density at radius 1 is 1.21 bits per heavy atom. The van der Waals surface area contributed by atoms with Gasteiger partial charge in [0.25, 0.3) is 0 Å². The maximum Gasteiger partial charge on any atom is 0.328 e. The largest absolute Gasteiger partial charge is 0.480 e. The molecule has 1 aliphatic carbocycles. The van der Waals surface area contributed by atoms with E-state index in [-0.39, 0.29) is 5.41 Å². The fourth-order valence-electron chi connectivity index (χ4n) is 3.29. The second-order valence-electron chi connectivity index (χ2n) is 8.00. The fraction of sp³-hybridized carbons (Fsp3) is 0.478. The van der Waals surface area contributed by atoms with Crippen LogP contribution in [0.4, 0.5) is 0 Å². The molecule has 0 saturated heterocycles. The number of allylic oxidation sites excluding steroid dienone is 9. The molecule has 0 radical (unpaired) electrons. The number of carbonyl (C=O) groups is 2. The number of nitrogens with one attached hydrogen (secondary N) is 1. The quantitative estimate of drug-likeness (QED) is 0.433. The first-order valence-electron chi connectivity index (χ1n) is 9.62. The van der Waals surface area contributed by atoms with Crippen LogP contribution >= 0.6 is 0 Å². The van der Waals surface area contributed by atoms with Crippen molar-refractivity contribution in [2.75, 3.05) is 6.61 Å². The van der Waals surface area contributed by atoms with Crippen LogP contribution in [0.1, 0.15) is 53.9 Å². The summed E-state index contributed by atoms with van der Waals surface area (Å²) in [4.78, 5) is 22.6. The van der Waals surface area contributed by atoms with E-state index < -0.39 is 24.5 Å². The molecule has 0 aromatic rings. The average Bonchev–Trinajstić information content (AvgIpc) is 2.58. The third-order valence-corrected chi connectivity index (χ3v) is 4.93. The highest BCUT2D eigenvalue weighted by atomic mass is 16.4. The number of aliphatic carboxylic acids is 1. The minimum Gasteiger partial charge on any atom is -0.480 e. The maximum atomic E-state index is 11.8. The molecule has 0 aromatic heterocycles. The zero-order valence-electron chi connectivity index (χ0n) is 17.6. The number of rotatable bonds is 8. The highest BCUT2D eigenvalue weighted by molar-refractivity contribution is 5.92. The summed E-state index contributed by atoms with van der Waals surface area (Å²) in [7, 11) is 0. The molecule has 0 fully saturated rings. The first-order valence-corrected chi connectivity index (χ1v) is 9.62. The van der Waals surface area contributed by atoms with Crippen molar-refractivity contribution < 1.29 is 19.8 Å². The van der Waals surface area contributed by atoms with Crippen molar-refractivity contribution in [3.63, 3.8) is 0 Å². The first kappa shape index (κ1) is 23.6. The van der Waals surface area contributed by atoms with E-state index in [1.807, 2.05) is 19.1 Å². The van der Waals surface area contributed by atoms with E-state index in [2.05, 4.69) is 38.2 Å². The molecule has 0 aliphatic heterocycles. The van der Waals surface area contributed by atoms with Gasteiger partial charge in [0.15, 0.2) is 6.04 Å². The van der Waals surface area contributed by atoms with Crippen molar-refractivity contribution in [2.45, 2.75) is 59.9 Å². The molecule has 0 aromatic carbocycles. The molecule has 5 nitrogen and oxygen atoms in total. The van der Waals surface area contributed by atoms with Gasteiger partial charge in [-0.1, -0.05) is 55.4 Å². The normalized spacial score (nSPS) is 19.4. The summed E-state index contributed by atoms with van der Waals surface area (Å²) in [6.07, 6.45) is 14.8. The number of carbonyl (C=O) groups excluding carboxylic acids is 1. The molecule has 0 heterocycles. The fourth-order valence-corrected chi connectivity index (χ4v) is 3.29. The van der Waals surface area contributed by atoms with Gasteiger partial charge in [-0.15, -0.1) is 0 Å². The molecule has 0 bridgehead atoms. The molecule has 0 spiro atoms. The molecule has 1 aliphatic rings. The van der Waals surface area contributed by atoms with Gasteiger partial charge in [-0.3, -0.25) is 4.79 Å². The van der Waals surface area contributed by atoms with Crippen LogP contribution in [0.5, 0.6) is 0 Å². The summed E-state index contributed by atoms with van der Waals surface area (Å²) in [5.41, 5.74) is 4.87. The Hall–Kier alpha value is -2.40. The molecular weight excluding hydrogens is 354 g/mol. The maximum absolute atomic E-state index is 11.8. The second kappa shape index (κ2) is 10.8. The number of aliphatic hydroxyl groups excluding tert-OH is 1. The Morgan fingerprint density at radius 3 is 2.46 bits per heavy atom. The van der Waals surface area contributed by atoms with Gasteiger partial charge in [-0.05, 0) is 56.6 Å². The Balaban J connectivity index is 2.72. The van der Waals surface area contributed by atoms with E-state index in [1.165, 1.54) is 30.1 Å². The van der Waals surface area contributed by atoms with Crippen LogP contribution in [0, 0.1) is 5.41 Å². The van der Waals surface area contributed by atoms with Gasteiger partial charge >= 0.3 is 5.97 Å². The number of carboxylic acids is 1. The summed E-state index contributed by atoms with van der Waals surface area (Å²) in [6, 6.07) is -1.30. The molecule has 154 valence electrons. The third-order valence-electron chi connectivity index (χ3n) is 4.93. The van der Waals surface area contributed by atoms with E-state index in [0.717, 1.165) is 12.0 Å². The van der Waals surface area contributed by atoms with Gasteiger partial charge in [0.1, 0.15) is 0 Å². The molecular formula is C23H33NO4. The zero-order valence-corrected chi connectivity index (χ0v) is 17.6. The monoisotopic (exact) mass is 387 g/mol. The third kappa shape index (κ3) is 7.69. The Bertz CT molecular complexity index is 736. The number of carboxylic acid groups (broad SMARTS) is 1. The van der Waals surface area contributed by atoms with E-state index in [1.54, 1.807) is 13.0 Å². The lowest BCUT2D eigenvalue weighted by atomic mass is 9.72. The number of amides is 1. The number of aliphatic hydroxyl groups is 1.